The van der Waals surface area contributed by atoms with Crippen LogP contribution < -0.4 is 11.0 Å². The first kappa shape index (κ1) is 14.8. The molecular formula is C16H16ClN3O2. The number of benzene rings is 1. The van der Waals surface area contributed by atoms with Gasteiger partial charge in [-0.15, -0.1) is 0 Å². The number of rotatable bonds is 4. The number of carbonyl (C=O) groups is 1. The van der Waals surface area contributed by atoms with Crippen molar-refractivity contribution in [2.24, 2.45) is 0 Å². The lowest BCUT2D eigenvalue weighted by Gasteiger charge is -2.43. The maximum Gasteiger partial charge on any atom is 0.347 e. The van der Waals surface area contributed by atoms with E-state index in [4.69, 9.17) is 11.6 Å². The minimum Gasteiger partial charge on any atom is -0.345 e. The second-order valence-electron chi connectivity index (χ2n) is 5.52. The van der Waals surface area contributed by atoms with Gasteiger partial charge in [0.05, 0.1) is 5.54 Å². The Morgan fingerprint density at radius 1 is 1.32 bits per heavy atom. The molecule has 1 heterocycles. The molecule has 1 fully saturated rings. The fraction of sp³-hybridized carbons (Fsp3) is 0.312. The number of hydrogen-bond acceptors (Lipinski definition) is 3. The highest BCUT2D eigenvalue weighted by Gasteiger charge is 2.39. The molecule has 22 heavy (non-hydrogen) atoms. The fourth-order valence-corrected chi connectivity index (χ4v) is 2.88. The van der Waals surface area contributed by atoms with E-state index in [1.807, 2.05) is 24.3 Å². The third-order valence-electron chi connectivity index (χ3n) is 4.08. The van der Waals surface area contributed by atoms with Crippen LogP contribution in [0.1, 0.15) is 24.8 Å². The molecule has 1 aliphatic carbocycles. The molecule has 1 aromatic carbocycles. The van der Waals surface area contributed by atoms with Gasteiger partial charge in [0.2, 0.25) is 5.91 Å². The SMILES string of the molecule is O=C(Cn1cccnc1=O)NC1(c2ccc(Cl)cc2)CCC1. The van der Waals surface area contributed by atoms with Crippen LogP contribution in [0.25, 0.3) is 0 Å². The van der Waals surface area contributed by atoms with E-state index >= 15 is 0 Å². The predicted molar refractivity (Wildman–Crippen MR) is 83.6 cm³/mol. The lowest BCUT2D eigenvalue weighted by atomic mass is 9.72. The van der Waals surface area contributed by atoms with Gasteiger partial charge in [-0.25, -0.2) is 9.78 Å². The first-order valence-electron chi connectivity index (χ1n) is 7.18. The van der Waals surface area contributed by atoms with Gasteiger partial charge in [-0.2, -0.15) is 0 Å². The van der Waals surface area contributed by atoms with Gasteiger partial charge in [0.15, 0.2) is 0 Å². The summed E-state index contributed by atoms with van der Waals surface area (Å²) in [5.74, 6) is -0.190. The molecule has 1 aliphatic rings. The largest absolute Gasteiger partial charge is 0.347 e. The lowest BCUT2D eigenvalue weighted by molar-refractivity contribution is -0.125. The van der Waals surface area contributed by atoms with E-state index in [2.05, 4.69) is 10.3 Å². The summed E-state index contributed by atoms with van der Waals surface area (Å²) < 4.78 is 1.30. The molecule has 0 unspecified atom stereocenters. The molecule has 0 atom stereocenters. The monoisotopic (exact) mass is 317 g/mol. The van der Waals surface area contributed by atoms with Gasteiger partial charge in [0.25, 0.3) is 0 Å². The molecule has 114 valence electrons. The van der Waals surface area contributed by atoms with E-state index in [0.29, 0.717) is 5.02 Å². The predicted octanol–water partition coefficient (Wildman–Crippen LogP) is 2.09. The maximum absolute atomic E-state index is 12.3. The van der Waals surface area contributed by atoms with Crippen LogP contribution in [-0.2, 0) is 16.9 Å². The van der Waals surface area contributed by atoms with E-state index in [1.54, 1.807) is 12.3 Å². The number of aromatic nitrogens is 2. The molecule has 1 aromatic heterocycles. The Balaban J connectivity index is 1.75. The van der Waals surface area contributed by atoms with Crippen molar-refractivity contribution < 1.29 is 4.79 Å². The average Bonchev–Trinajstić information content (AvgIpc) is 2.46. The zero-order valence-electron chi connectivity index (χ0n) is 12.0. The third-order valence-corrected chi connectivity index (χ3v) is 4.33. The lowest BCUT2D eigenvalue weighted by Crippen LogP contribution is -2.52. The number of nitrogens with one attached hydrogen (secondary N) is 1. The van der Waals surface area contributed by atoms with Crippen LogP contribution >= 0.6 is 11.6 Å². The van der Waals surface area contributed by atoms with Gasteiger partial charge < -0.3 is 5.32 Å². The molecule has 0 radical (unpaired) electrons. The number of nitrogens with zero attached hydrogens (tertiary/aromatic N) is 2. The molecule has 0 spiro atoms. The summed E-state index contributed by atoms with van der Waals surface area (Å²) in [7, 11) is 0. The fourth-order valence-electron chi connectivity index (χ4n) is 2.75. The highest BCUT2D eigenvalue weighted by atomic mass is 35.5. The molecule has 1 amide bonds. The van der Waals surface area contributed by atoms with E-state index in [1.165, 1.54) is 10.8 Å². The molecule has 0 bridgehead atoms. The van der Waals surface area contributed by atoms with Crippen molar-refractivity contribution in [3.8, 4) is 0 Å². The Labute approximate surface area is 132 Å². The Bertz CT molecular complexity index is 736. The van der Waals surface area contributed by atoms with Gasteiger partial charge in [-0.1, -0.05) is 23.7 Å². The molecule has 2 aromatic rings. The third kappa shape index (κ3) is 2.90. The van der Waals surface area contributed by atoms with Crippen molar-refractivity contribution in [3.05, 3.63) is 63.8 Å². The summed E-state index contributed by atoms with van der Waals surface area (Å²) >= 11 is 5.92. The minimum absolute atomic E-state index is 0.0258. The highest BCUT2D eigenvalue weighted by molar-refractivity contribution is 6.30. The highest BCUT2D eigenvalue weighted by Crippen LogP contribution is 2.41. The first-order valence-corrected chi connectivity index (χ1v) is 7.55. The minimum atomic E-state index is -0.424. The standard InChI is InChI=1S/C16H16ClN3O2/c17-13-5-3-12(4-6-13)16(7-1-8-16)19-14(21)11-20-10-2-9-18-15(20)22/h2-6,9-10H,1,7-8,11H2,(H,19,21). The Morgan fingerprint density at radius 3 is 2.64 bits per heavy atom. The normalized spacial score (nSPS) is 15.9. The maximum atomic E-state index is 12.3. The molecule has 5 nitrogen and oxygen atoms in total. The molecule has 1 saturated carbocycles. The molecular weight excluding hydrogens is 302 g/mol. The van der Waals surface area contributed by atoms with Crippen molar-refractivity contribution in [2.45, 2.75) is 31.3 Å². The summed E-state index contributed by atoms with van der Waals surface area (Å²) in [6, 6.07) is 9.17. The van der Waals surface area contributed by atoms with Gasteiger partial charge in [0, 0.05) is 17.4 Å². The summed E-state index contributed by atoms with van der Waals surface area (Å²) in [6.07, 6.45) is 5.82. The van der Waals surface area contributed by atoms with E-state index in [-0.39, 0.29) is 18.0 Å². The van der Waals surface area contributed by atoms with Crippen molar-refractivity contribution in [1.29, 1.82) is 0 Å². The Kier molecular flexibility index (Phi) is 3.98. The van der Waals surface area contributed by atoms with Crippen molar-refractivity contribution in [1.82, 2.24) is 14.9 Å². The molecule has 0 aliphatic heterocycles. The Morgan fingerprint density at radius 2 is 2.05 bits per heavy atom. The van der Waals surface area contributed by atoms with Crippen LogP contribution in [-0.4, -0.2) is 15.5 Å². The second-order valence-corrected chi connectivity index (χ2v) is 5.96. The molecule has 3 rings (SSSR count). The zero-order chi connectivity index (χ0) is 15.6. The first-order chi connectivity index (χ1) is 10.6. The molecule has 6 heteroatoms. The van der Waals surface area contributed by atoms with Gasteiger partial charge in [-0.3, -0.25) is 9.36 Å². The summed E-state index contributed by atoms with van der Waals surface area (Å²) in [4.78, 5) is 27.5. The van der Waals surface area contributed by atoms with Crippen LogP contribution in [0.2, 0.25) is 5.02 Å². The van der Waals surface area contributed by atoms with Crippen molar-refractivity contribution in [3.63, 3.8) is 0 Å². The number of amides is 1. The average molecular weight is 318 g/mol. The second kappa shape index (κ2) is 5.93. The van der Waals surface area contributed by atoms with Crippen molar-refractivity contribution >= 4 is 17.5 Å². The summed E-state index contributed by atoms with van der Waals surface area (Å²) in [5, 5.41) is 3.74. The van der Waals surface area contributed by atoms with Crippen LogP contribution in [0.15, 0.2) is 47.5 Å². The van der Waals surface area contributed by atoms with Gasteiger partial charge >= 0.3 is 5.69 Å². The number of hydrogen-bond donors (Lipinski definition) is 1. The number of carbonyl (C=O) groups excluding carboxylic acids is 1. The van der Waals surface area contributed by atoms with Crippen molar-refractivity contribution in [2.75, 3.05) is 0 Å². The smallest absolute Gasteiger partial charge is 0.345 e. The molecule has 1 N–H and O–H groups in total. The van der Waals surface area contributed by atoms with Crippen LogP contribution in [0.3, 0.4) is 0 Å². The van der Waals surface area contributed by atoms with Crippen LogP contribution in [0, 0.1) is 0 Å². The Hall–Kier alpha value is -2.14. The zero-order valence-corrected chi connectivity index (χ0v) is 12.7. The van der Waals surface area contributed by atoms with Gasteiger partial charge in [-0.05, 0) is 43.0 Å². The molecule has 0 saturated heterocycles. The van der Waals surface area contributed by atoms with E-state index in [9.17, 15) is 9.59 Å². The van der Waals surface area contributed by atoms with E-state index in [0.717, 1.165) is 24.8 Å². The van der Waals surface area contributed by atoms with Crippen LogP contribution in [0.5, 0.6) is 0 Å². The van der Waals surface area contributed by atoms with Gasteiger partial charge in [0.1, 0.15) is 6.54 Å². The topological polar surface area (TPSA) is 64.0 Å². The van der Waals surface area contributed by atoms with E-state index < -0.39 is 5.69 Å². The quantitative estimate of drug-likeness (QED) is 0.939. The summed E-state index contributed by atoms with van der Waals surface area (Å²) in [6.45, 7) is -0.0258. The van der Waals surface area contributed by atoms with Crippen LogP contribution in [0.4, 0.5) is 0 Å². The summed E-state index contributed by atoms with van der Waals surface area (Å²) in [5.41, 5.74) is 0.287. The number of halogens is 1.